The fourth-order valence-electron chi connectivity index (χ4n) is 3.72. The van der Waals surface area contributed by atoms with E-state index in [1.54, 1.807) is 14.2 Å². The number of hydrogen-bond acceptors (Lipinski definition) is 4. The van der Waals surface area contributed by atoms with Crippen molar-refractivity contribution in [2.24, 2.45) is 0 Å². The molecule has 0 spiro atoms. The maximum atomic E-state index is 5.99. The third-order valence-electron chi connectivity index (χ3n) is 5.21. The first kappa shape index (κ1) is 20.0. The van der Waals surface area contributed by atoms with E-state index < -0.39 is 0 Å². The minimum Gasteiger partial charge on any atom is -0.497 e. The van der Waals surface area contributed by atoms with Crippen molar-refractivity contribution >= 4 is 11.6 Å². The molecular formula is C22H29ClN2O2. The topological polar surface area (TPSA) is 33.7 Å². The molecule has 4 nitrogen and oxygen atoms in total. The van der Waals surface area contributed by atoms with Crippen LogP contribution < -0.4 is 14.8 Å². The van der Waals surface area contributed by atoms with Gasteiger partial charge in [-0.05, 0) is 61.8 Å². The van der Waals surface area contributed by atoms with Gasteiger partial charge in [-0.2, -0.15) is 0 Å². The van der Waals surface area contributed by atoms with Gasteiger partial charge in [0.15, 0.2) is 0 Å². The summed E-state index contributed by atoms with van der Waals surface area (Å²) in [6.45, 7) is 3.90. The molecule has 0 aromatic heterocycles. The van der Waals surface area contributed by atoms with Crippen LogP contribution in [0.2, 0.25) is 5.02 Å². The van der Waals surface area contributed by atoms with E-state index in [1.807, 2.05) is 24.3 Å². The lowest BCUT2D eigenvalue weighted by Crippen LogP contribution is -2.39. The van der Waals surface area contributed by atoms with Gasteiger partial charge in [-0.25, -0.2) is 0 Å². The van der Waals surface area contributed by atoms with Gasteiger partial charge in [0.1, 0.15) is 11.5 Å². The summed E-state index contributed by atoms with van der Waals surface area (Å²) >= 11 is 5.99. The smallest absolute Gasteiger partial charge is 0.123 e. The summed E-state index contributed by atoms with van der Waals surface area (Å²) in [5, 5.41) is 4.39. The highest BCUT2D eigenvalue weighted by atomic mass is 35.5. The normalized spacial score (nSPS) is 16.1. The average molecular weight is 389 g/mol. The van der Waals surface area contributed by atoms with Gasteiger partial charge in [0, 0.05) is 23.7 Å². The monoisotopic (exact) mass is 388 g/mol. The molecule has 2 aromatic carbocycles. The van der Waals surface area contributed by atoms with Gasteiger partial charge < -0.3 is 14.8 Å². The maximum Gasteiger partial charge on any atom is 0.123 e. The molecule has 27 heavy (non-hydrogen) atoms. The lowest BCUT2D eigenvalue weighted by molar-refractivity contribution is 0.157. The second kappa shape index (κ2) is 9.98. The third-order valence-corrected chi connectivity index (χ3v) is 5.46. The predicted octanol–water partition coefficient (Wildman–Crippen LogP) is 4.67. The molecule has 3 rings (SSSR count). The van der Waals surface area contributed by atoms with Crippen molar-refractivity contribution in [1.29, 1.82) is 0 Å². The molecule has 146 valence electrons. The number of nitrogens with zero attached hydrogens (tertiary/aromatic N) is 1. The molecule has 1 fully saturated rings. The van der Waals surface area contributed by atoms with Crippen LogP contribution in [0, 0.1) is 0 Å². The van der Waals surface area contributed by atoms with Crippen molar-refractivity contribution in [3.63, 3.8) is 0 Å². The molecular weight excluding hydrogens is 360 g/mol. The second-order valence-corrected chi connectivity index (χ2v) is 7.41. The third kappa shape index (κ3) is 5.38. The van der Waals surface area contributed by atoms with Crippen LogP contribution >= 0.6 is 11.6 Å². The summed E-state index contributed by atoms with van der Waals surface area (Å²) in [6, 6.07) is 14.3. The van der Waals surface area contributed by atoms with Gasteiger partial charge in [0.05, 0.1) is 20.3 Å². The molecule has 0 amide bonds. The molecule has 0 aliphatic carbocycles. The first-order valence-corrected chi connectivity index (χ1v) is 10.00. The molecule has 1 aliphatic rings. The summed E-state index contributed by atoms with van der Waals surface area (Å²) in [5.41, 5.74) is 2.41. The van der Waals surface area contributed by atoms with E-state index in [1.165, 1.54) is 30.4 Å². The zero-order valence-electron chi connectivity index (χ0n) is 16.2. The van der Waals surface area contributed by atoms with E-state index in [0.29, 0.717) is 0 Å². The Balaban J connectivity index is 1.77. The van der Waals surface area contributed by atoms with Crippen LogP contribution in [0.5, 0.6) is 11.5 Å². The number of benzene rings is 2. The van der Waals surface area contributed by atoms with Crippen LogP contribution in [0.4, 0.5) is 0 Å². The Hall–Kier alpha value is -1.75. The summed E-state index contributed by atoms with van der Waals surface area (Å²) in [7, 11) is 3.44. The van der Waals surface area contributed by atoms with Crippen molar-refractivity contribution in [3.05, 3.63) is 58.6 Å². The van der Waals surface area contributed by atoms with Gasteiger partial charge >= 0.3 is 0 Å². The maximum absolute atomic E-state index is 5.99. The number of nitrogens with one attached hydrogen (secondary N) is 1. The SMILES string of the molecule is COc1ccc(OC)c(C(CNCc2ccc(Cl)cc2)N2CCCCC2)c1. The Labute approximate surface area is 167 Å². The number of piperidine rings is 1. The highest BCUT2D eigenvalue weighted by Gasteiger charge is 2.25. The lowest BCUT2D eigenvalue weighted by Gasteiger charge is -2.35. The second-order valence-electron chi connectivity index (χ2n) is 6.98. The van der Waals surface area contributed by atoms with E-state index in [2.05, 4.69) is 28.4 Å². The Morgan fingerprint density at radius 3 is 2.41 bits per heavy atom. The highest BCUT2D eigenvalue weighted by Crippen LogP contribution is 2.34. The quantitative estimate of drug-likeness (QED) is 0.712. The Kier molecular flexibility index (Phi) is 7.39. The van der Waals surface area contributed by atoms with E-state index in [-0.39, 0.29) is 6.04 Å². The van der Waals surface area contributed by atoms with Gasteiger partial charge in [0.2, 0.25) is 0 Å². The zero-order valence-corrected chi connectivity index (χ0v) is 17.0. The molecule has 1 heterocycles. The Bertz CT molecular complexity index is 715. The number of hydrogen-bond donors (Lipinski definition) is 1. The van der Waals surface area contributed by atoms with Crippen molar-refractivity contribution in [1.82, 2.24) is 10.2 Å². The summed E-state index contributed by atoms with van der Waals surface area (Å²) < 4.78 is 11.1. The number of methoxy groups -OCH3 is 2. The molecule has 1 atom stereocenters. The molecule has 1 saturated heterocycles. The minimum atomic E-state index is 0.252. The first-order valence-electron chi connectivity index (χ1n) is 9.62. The largest absolute Gasteiger partial charge is 0.497 e. The summed E-state index contributed by atoms with van der Waals surface area (Å²) in [4.78, 5) is 2.57. The number of likely N-dealkylation sites (tertiary alicyclic amines) is 1. The van der Waals surface area contributed by atoms with E-state index in [9.17, 15) is 0 Å². The van der Waals surface area contributed by atoms with Crippen LogP contribution in [0.15, 0.2) is 42.5 Å². The van der Waals surface area contributed by atoms with Crippen LogP contribution in [-0.4, -0.2) is 38.8 Å². The molecule has 0 saturated carbocycles. The molecule has 0 radical (unpaired) electrons. The van der Waals surface area contributed by atoms with E-state index in [4.69, 9.17) is 21.1 Å². The fourth-order valence-corrected chi connectivity index (χ4v) is 3.85. The molecule has 0 bridgehead atoms. The van der Waals surface area contributed by atoms with Crippen molar-refractivity contribution < 1.29 is 9.47 Å². The highest BCUT2D eigenvalue weighted by molar-refractivity contribution is 6.30. The Morgan fingerprint density at radius 2 is 1.74 bits per heavy atom. The fraction of sp³-hybridized carbons (Fsp3) is 0.455. The van der Waals surface area contributed by atoms with Crippen LogP contribution in [-0.2, 0) is 6.54 Å². The van der Waals surface area contributed by atoms with Gasteiger partial charge in [0.25, 0.3) is 0 Å². The van der Waals surface area contributed by atoms with Crippen LogP contribution in [0.25, 0.3) is 0 Å². The number of ether oxygens (including phenoxy) is 2. The number of halogens is 1. The standard InChI is InChI=1S/C22H29ClN2O2/c1-26-19-10-11-22(27-2)20(14-19)21(25-12-4-3-5-13-25)16-24-15-17-6-8-18(23)9-7-17/h6-11,14,21,24H,3-5,12-13,15-16H2,1-2H3. The van der Waals surface area contributed by atoms with Gasteiger partial charge in [-0.3, -0.25) is 4.90 Å². The van der Waals surface area contributed by atoms with Gasteiger partial charge in [-0.15, -0.1) is 0 Å². The van der Waals surface area contributed by atoms with E-state index in [0.717, 1.165) is 42.7 Å². The van der Waals surface area contributed by atoms with Crippen LogP contribution in [0.3, 0.4) is 0 Å². The van der Waals surface area contributed by atoms with Crippen molar-refractivity contribution in [2.45, 2.75) is 31.8 Å². The van der Waals surface area contributed by atoms with Crippen LogP contribution in [0.1, 0.15) is 36.4 Å². The lowest BCUT2D eigenvalue weighted by atomic mass is 10.00. The molecule has 1 N–H and O–H groups in total. The molecule has 1 aliphatic heterocycles. The van der Waals surface area contributed by atoms with E-state index >= 15 is 0 Å². The average Bonchev–Trinajstić information content (AvgIpc) is 2.73. The molecule has 5 heteroatoms. The summed E-state index contributed by atoms with van der Waals surface area (Å²) in [5.74, 6) is 1.78. The number of rotatable bonds is 8. The van der Waals surface area contributed by atoms with Gasteiger partial charge in [-0.1, -0.05) is 30.2 Å². The molecule has 1 unspecified atom stereocenters. The predicted molar refractivity (Wildman–Crippen MR) is 111 cm³/mol. The zero-order chi connectivity index (χ0) is 19.1. The van der Waals surface area contributed by atoms with Crippen molar-refractivity contribution in [2.75, 3.05) is 33.9 Å². The Morgan fingerprint density at radius 1 is 1.00 bits per heavy atom. The molecule has 2 aromatic rings. The summed E-state index contributed by atoms with van der Waals surface area (Å²) in [6.07, 6.45) is 3.82. The first-order chi connectivity index (χ1) is 13.2. The van der Waals surface area contributed by atoms with Crippen molar-refractivity contribution in [3.8, 4) is 11.5 Å². The minimum absolute atomic E-state index is 0.252.